The second-order valence-electron chi connectivity index (χ2n) is 10.4. The topological polar surface area (TPSA) is 52.4 Å². The molecule has 0 aliphatic carbocycles. The van der Waals surface area contributed by atoms with Gasteiger partial charge in [0, 0.05) is 65.1 Å². The molecule has 3 aromatic rings. The van der Waals surface area contributed by atoms with Crippen molar-refractivity contribution in [1.29, 1.82) is 0 Å². The number of aromatic nitrogens is 3. The van der Waals surface area contributed by atoms with Crippen LogP contribution in [0, 0.1) is 19.8 Å². The lowest BCUT2D eigenvalue weighted by Crippen LogP contribution is -2.48. The van der Waals surface area contributed by atoms with Crippen molar-refractivity contribution in [3.8, 4) is 5.82 Å². The molecule has 2 aliphatic rings. The Morgan fingerprint density at radius 2 is 1.97 bits per heavy atom. The van der Waals surface area contributed by atoms with Crippen molar-refractivity contribution in [2.45, 2.75) is 65.2 Å². The number of hydrogen-bond donors (Lipinski definition) is 0. The van der Waals surface area contributed by atoms with E-state index >= 15 is 0 Å². The first-order valence-corrected chi connectivity index (χ1v) is 13.4. The molecule has 0 atom stereocenters. The van der Waals surface area contributed by atoms with Crippen molar-refractivity contribution in [3.63, 3.8) is 0 Å². The van der Waals surface area contributed by atoms with Gasteiger partial charge in [-0.3, -0.25) is 4.90 Å². The fourth-order valence-electron chi connectivity index (χ4n) is 5.09. The molecule has 0 bridgehead atoms. The summed E-state index contributed by atoms with van der Waals surface area (Å²) in [6.07, 6.45) is 5.24. The standard InChI is InChI=1S/C27H34F2N4O2S/c1-18(2)15-34-16-21-6-5-9-30-25(21)33-14-22(20(4)31-33)13-32-10-7-26(8-11-32)24-23(12-19(3)36-24)27(28,29)17-35-26/h5-6,9,12,14,18H,7-8,10-11,13,15-17H2,1-4H3. The summed E-state index contributed by atoms with van der Waals surface area (Å²) in [5.41, 5.74) is 2.67. The van der Waals surface area contributed by atoms with Crippen LogP contribution in [0.25, 0.3) is 5.82 Å². The van der Waals surface area contributed by atoms with Gasteiger partial charge in [0.15, 0.2) is 5.82 Å². The molecular weight excluding hydrogens is 482 g/mol. The number of aryl methyl sites for hydroxylation is 2. The van der Waals surface area contributed by atoms with Crippen LogP contribution in [0.4, 0.5) is 8.78 Å². The van der Waals surface area contributed by atoms with Crippen molar-refractivity contribution in [2.75, 3.05) is 26.3 Å². The van der Waals surface area contributed by atoms with E-state index in [1.54, 1.807) is 12.3 Å². The van der Waals surface area contributed by atoms with Gasteiger partial charge in [0.1, 0.15) is 12.2 Å². The molecule has 1 fully saturated rings. The molecule has 0 N–H and O–H groups in total. The van der Waals surface area contributed by atoms with Gasteiger partial charge in [-0.2, -0.15) is 13.9 Å². The molecule has 0 saturated carbocycles. The average molecular weight is 517 g/mol. The smallest absolute Gasteiger partial charge is 0.297 e. The molecule has 0 aromatic carbocycles. The zero-order valence-electron chi connectivity index (χ0n) is 21.4. The Kier molecular flexibility index (Phi) is 7.02. The molecule has 0 radical (unpaired) electrons. The summed E-state index contributed by atoms with van der Waals surface area (Å²) in [6, 6.07) is 5.59. The highest BCUT2D eigenvalue weighted by molar-refractivity contribution is 7.12. The van der Waals surface area contributed by atoms with Gasteiger partial charge in [0.2, 0.25) is 0 Å². The van der Waals surface area contributed by atoms with E-state index < -0.39 is 18.1 Å². The van der Waals surface area contributed by atoms with Crippen LogP contribution >= 0.6 is 11.3 Å². The fourth-order valence-corrected chi connectivity index (χ4v) is 6.36. The molecule has 1 spiro atoms. The summed E-state index contributed by atoms with van der Waals surface area (Å²) in [6.45, 7) is 11.1. The lowest BCUT2D eigenvalue weighted by Gasteiger charge is -2.45. The number of likely N-dealkylation sites (tertiary alicyclic amines) is 1. The van der Waals surface area contributed by atoms with E-state index in [1.807, 2.05) is 36.9 Å². The van der Waals surface area contributed by atoms with Crippen LogP contribution in [-0.4, -0.2) is 46.0 Å². The maximum absolute atomic E-state index is 14.5. The number of piperidine rings is 1. The molecule has 2 aliphatic heterocycles. The first kappa shape index (κ1) is 25.4. The largest absolute Gasteiger partial charge is 0.376 e. The summed E-state index contributed by atoms with van der Waals surface area (Å²) in [5, 5.41) is 4.75. The number of pyridine rings is 1. The lowest BCUT2D eigenvalue weighted by molar-refractivity contribution is -0.182. The van der Waals surface area contributed by atoms with Crippen molar-refractivity contribution in [1.82, 2.24) is 19.7 Å². The first-order valence-electron chi connectivity index (χ1n) is 12.6. The Labute approximate surface area is 215 Å². The SMILES string of the molecule is Cc1cc2c(s1)C1(CCN(Cc3cn(-c4ncccc4COCC(C)C)nc3C)CC1)OCC2(F)F. The minimum atomic E-state index is -2.90. The number of hydrogen-bond acceptors (Lipinski definition) is 6. The maximum Gasteiger partial charge on any atom is 0.297 e. The highest BCUT2D eigenvalue weighted by atomic mass is 32.1. The zero-order valence-corrected chi connectivity index (χ0v) is 22.2. The van der Waals surface area contributed by atoms with Crippen LogP contribution < -0.4 is 0 Å². The maximum atomic E-state index is 14.5. The lowest BCUT2D eigenvalue weighted by atomic mass is 9.84. The van der Waals surface area contributed by atoms with Crippen LogP contribution in [0.1, 0.15) is 58.8 Å². The third kappa shape index (κ3) is 4.98. The highest BCUT2D eigenvalue weighted by Crippen LogP contribution is 2.51. The van der Waals surface area contributed by atoms with Crippen molar-refractivity contribution in [2.24, 2.45) is 5.92 Å². The molecular formula is C27H34F2N4O2S. The van der Waals surface area contributed by atoms with Crippen LogP contribution in [0.5, 0.6) is 0 Å². The third-order valence-electron chi connectivity index (χ3n) is 7.04. The molecule has 1 saturated heterocycles. The minimum Gasteiger partial charge on any atom is -0.376 e. The van der Waals surface area contributed by atoms with E-state index in [0.717, 1.165) is 52.0 Å². The van der Waals surface area contributed by atoms with Crippen molar-refractivity contribution < 1.29 is 18.3 Å². The van der Waals surface area contributed by atoms with Crippen LogP contribution in [0.2, 0.25) is 0 Å². The predicted octanol–water partition coefficient (Wildman–Crippen LogP) is 5.73. The van der Waals surface area contributed by atoms with Crippen molar-refractivity contribution >= 4 is 11.3 Å². The summed E-state index contributed by atoms with van der Waals surface area (Å²) in [4.78, 5) is 8.57. The molecule has 0 unspecified atom stereocenters. The Morgan fingerprint density at radius 1 is 1.19 bits per heavy atom. The van der Waals surface area contributed by atoms with Gasteiger partial charge in [-0.1, -0.05) is 19.9 Å². The zero-order chi connectivity index (χ0) is 25.5. The van der Waals surface area contributed by atoms with Crippen LogP contribution in [0.15, 0.2) is 30.6 Å². The van der Waals surface area contributed by atoms with Gasteiger partial charge in [-0.15, -0.1) is 11.3 Å². The van der Waals surface area contributed by atoms with E-state index in [-0.39, 0.29) is 5.56 Å². The molecule has 6 nitrogen and oxygen atoms in total. The highest BCUT2D eigenvalue weighted by Gasteiger charge is 2.51. The molecule has 5 heterocycles. The predicted molar refractivity (Wildman–Crippen MR) is 136 cm³/mol. The van der Waals surface area contributed by atoms with Gasteiger partial charge >= 0.3 is 0 Å². The molecule has 5 rings (SSSR count). The number of halogens is 2. The molecule has 3 aromatic heterocycles. The van der Waals surface area contributed by atoms with E-state index in [0.29, 0.717) is 32.0 Å². The number of fused-ring (bicyclic) bond motifs is 2. The van der Waals surface area contributed by atoms with E-state index in [2.05, 4.69) is 23.7 Å². The van der Waals surface area contributed by atoms with Gasteiger partial charge < -0.3 is 9.47 Å². The Hall–Kier alpha value is -2.20. The number of thiophene rings is 1. The Morgan fingerprint density at radius 3 is 2.72 bits per heavy atom. The minimum absolute atomic E-state index is 0.172. The Balaban J connectivity index is 1.27. The van der Waals surface area contributed by atoms with Gasteiger partial charge in [0.05, 0.1) is 12.3 Å². The third-order valence-corrected chi connectivity index (χ3v) is 8.28. The van der Waals surface area contributed by atoms with Gasteiger partial charge in [-0.25, -0.2) is 9.67 Å². The van der Waals surface area contributed by atoms with E-state index in [1.165, 1.54) is 11.3 Å². The van der Waals surface area contributed by atoms with E-state index in [9.17, 15) is 8.78 Å². The van der Waals surface area contributed by atoms with E-state index in [4.69, 9.17) is 14.6 Å². The normalized spacial score (nSPS) is 19.2. The molecule has 36 heavy (non-hydrogen) atoms. The van der Waals surface area contributed by atoms with Crippen LogP contribution in [-0.2, 0) is 34.1 Å². The van der Waals surface area contributed by atoms with Crippen molar-refractivity contribution in [3.05, 3.63) is 62.7 Å². The molecule has 0 amide bonds. The Bertz CT molecular complexity index is 1210. The molecule has 194 valence electrons. The quantitative estimate of drug-likeness (QED) is 0.401. The fraction of sp³-hybridized carbons (Fsp3) is 0.556. The number of ether oxygens (including phenoxy) is 2. The summed E-state index contributed by atoms with van der Waals surface area (Å²) < 4.78 is 42.6. The second kappa shape index (κ2) is 9.93. The summed E-state index contributed by atoms with van der Waals surface area (Å²) >= 11 is 1.46. The van der Waals surface area contributed by atoms with Crippen LogP contribution in [0.3, 0.4) is 0 Å². The number of rotatable bonds is 7. The van der Waals surface area contributed by atoms with Gasteiger partial charge in [0.25, 0.3) is 5.92 Å². The average Bonchev–Trinajstić information content (AvgIpc) is 3.42. The van der Waals surface area contributed by atoms with Gasteiger partial charge in [-0.05, 0) is 44.7 Å². The number of nitrogens with zero attached hydrogens (tertiary/aromatic N) is 4. The molecule has 9 heteroatoms. The monoisotopic (exact) mass is 516 g/mol. The second-order valence-corrected chi connectivity index (χ2v) is 11.7. The number of alkyl halides is 2. The summed E-state index contributed by atoms with van der Waals surface area (Å²) in [5.74, 6) is -1.65. The first-order chi connectivity index (χ1) is 17.2. The summed E-state index contributed by atoms with van der Waals surface area (Å²) in [7, 11) is 0.